The SMILES string of the molecule is CCCS(=O)(=O)Nc1ccc(NC(=O)CCc2ccc(C(=O)O)cc2)cc1. The van der Waals surface area contributed by atoms with Crippen molar-refractivity contribution in [2.24, 2.45) is 0 Å². The average molecular weight is 390 g/mol. The first-order chi connectivity index (χ1) is 12.8. The molecular weight excluding hydrogens is 368 g/mol. The Kier molecular flexibility index (Phi) is 6.95. The summed E-state index contributed by atoms with van der Waals surface area (Å²) >= 11 is 0. The number of amides is 1. The fraction of sp³-hybridized carbons (Fsp3) is 0.263. The minimum Gasteiger partial charge on any atom is -0.478 e. The molecule has 8 heteroatoms. The minimum atomic E-state index is -3.34. The van der Waals surface area contributed by atoms with Crippen molar-refractivity contribution in [1.29, 1.82) is 0 Å². The van der Waals surface area contributed by atoms with Gasteiger partial charge < -0.3 is 10.4 Å². The number of anilines is 2. The van der Waals surface area contributed by atoms with Crippen LogP contribution < -0.4 is 10.0 Å². The van der Waals surface area contributed by atoms with Gasteiger partial charge in [-0.15, -0.1) is 0 Å². The highest BCUT2D eigenvalue weighted by molar-refractivity contribution is 7.92. The summed E-state index contributed by atoms with van der Waals surface area (Å²) in [7, 11) is -3.34. The smallest absolute Gasteiger partial charge is 0.335 e. The Morgan fingerprint density at radius 1 is 0.963 bits per heavy atom. The van der Waals surface area contributed by atoms with Crippen molar-refractivity contribution >= 4 is 33.3 Å². The van der Waals surface area contributed by atoms with Crippen LogP contribution in [0.1, 0.15) is 35.7 Å². The molecule has 27 heavy (non-hydrogen) atoms. The number of aryl methyl sites for hydroxylation is 1. The van der Waals surface area contributed by atoms with Crippen molar-refractivity contribution in [3.8, 4) is 0 Å². The number of hydrogen-bond acceptors (Lipinski definition) is 4. The summed E-state index contributed by atoms with van der Waals surface area (Å²) in [5.74, 6) is -1.12. The maximum atomic E-state index is 12.0. The zero-order valence-corrected chi connectivity index (χ0v) is 15.8. The Morgan fingerprint density at radius 2 is 1.56 bits per heavy atom. The van der Waals surface area contributed by atoms with Crippen LogP contribution in [-0.4, -0.2) is 31.2 Å². The summed E-state index contributed by atoms with van der Waals surface area (Å²) in [5, 5.41) is 11.6. The fourth-order valence-electron chi connectivity index (χ4n) is 2.42. The first-order valence-corrected chi connectivity index (χ1v) is 10.2. The van der Waals surface area contributed by atoms with Crippen molar-refractivity contribution in [3.05, 3.63) is 59.7 Å². The van der Waals surface area contributed by atoms with Gasteiger partial charge in [-0.25, -0.2) is 13.2 Å². The lowest BCUT2D eigenvalue weighted by Crippen LogP contribution is -2.16. The van der Waals surface area contributed by atoms with Gasteiger partial charge in [-0.05, 0) is 54.8 Å². The maximum Gasteiger partial charge on any atom is 0.335 e. The summed E-state index contributed by atoms with van der Waals surface area (Å²) in [5.41, 5.74) is 2.09. The molecule has 0 unspecified atom stereocenters. The molecule has 1 amide bonds. The van der Waals surface area contributed by atoms with Crippen LogP contribution in [0.2, 0.25) is 0 Å². The Hall–Kier alpha value is -2.87. The van der Waals surface area contributed by atoms with Crippen LogP contribution in [0.25, 0.3) is 0 Å². The number of sulfonamides is 1. The molecular formula is C19H22N2O5S. The van der Waals surface area contributed by atoms with E-state index in [9.17, 15) is 18.0 Å². The van der Waals surface area contributed by atoms with Crippen LogP contribution in [0.15, 0.2) is 48.5 Å². The second kappa shape index (κ2) is 9.18. The Balaban J connectivity index is 1.85. The van der Waals surface area contributed by atoms with E-state index >= 15 is 0 Å². The van der Waals surface area contributed by atoms with Gasteiger partial charge in [0.25, 0.3) is 0 Å². The number of hydrogen-bond donors (Lipinski definition) is 3. The lowest BCUT2D eigenvalue weighted by molar-refractivity contribution is -0.116. The average Bonchev–Trinajstić information content (AvgIpc) is 2.61. The molecule has 0 aliphatic heterocycles. The van der Waals surface area contributed by atoms with Gasteiger partial charge in [-0.2, -0.15) is 0 Å². The zero-order valence-electron chi connectivity index (χ0n) is 14.9. The van der Waals surface area contributed by atoms with Gasteiger partial charge in [0.05, 0.1) is 11.3 Å². The molecule has 0 spiro atoms. The third-order valence-corrected chi connectivity index (χ3v) is 5.25. The van der Waals surface area contributed by atoms with E-state index in [4.69, 9.17) is 5.11 Å². The van der Waals surface area contributed by atoms with E-state index in [1.54, 1.807) is 43.3 Å². The van der Waals surface area contributed by atoms with Crippen LogP contribution in [0, 0.1) is 0 Å². The van der Waals surface area contributed by atoms with Crippen molar-refractivity contribution < 1.29 is 23.1 Å². The Labute approximate surface area is 158 Å². The molecule has 0 aliphatic rings. The number of carbonyl (C=O) groups is 2. The maximum absolute atomic E-state index is 12.0. The fourth-order valence-corrected chi connectivity index (χ4v) is 3.55. The zero-order chi connectivity index (χ0) is 19.9. The van der Waals surface area contributed by atoms with Gasteiger partial charge in [0, 0.05) is 17.8 Å². The van der Waals surface area contributed by atoms with Gasteiger partial charge in [0.15, 0.2) is 0 Å². The van der Waals surface area contributed by atoms with Gasteiger partial charge in [-0.3, -0.25) is 9.52 Å². The third-order valence-electron chi connectivity index (χ3n) is 3.76. The molecule has 0 fully saturated rings. The molecule has 144 valence electrons. The Bertz CT molecular complexity index is 891. The highest BCUT2D eigenvalue weighted by Crippen LogP contribution is 2.16. The largest absolute Gasteiger partial charge is 0.478 e. The molecule has 0 aliphatic carbocycles. The van der Waals surface area contributed by atoms with Crippen LogP contribution >= 0.6 is 0 Å². The molecule has 2 aromatic rings. The molecule has 3 N–H and O–H groups in total. The van der Waals surface area contributed by atoms with Crippen LogP contribution in [0.4, 0.5) is 11.4 Å². The first kappa shape index (κ1) is 20.4. The minimum absolute atomic E-state index is 0.0545. The third kappa shape index (κ3) is 6.74. The Morgan fingerprint density at radius 3 is 2.11 bits per heavy atom. The molecule has 0 saturated heterocycles. The summed E-state index contributed by atoms with van der Waals surface area (Å²) < 4.78 is 25.9. The van der Waals surface area contributed by atoms with Crippen molar-refractivity contribution in [3.63, 3.8) is 0 Å². The van der Waals surface area contributed by atoms with Gasteiger partial charge in [0.1, 0.15) is 0 Å². The molecule has 0 saturated carbocycles. The summed E-state index contributed by atoms with van der Waals surface area (Å²) in [6.45, 7) is 1.79. The van der Waals surface area contributed by atoms with E-state index < -0.39 is 16.0 Å². The van der Waals surface area contributed by atoms with E-state index in [0.717, 1.165) is 5.56 Å². The molecule has 2 aromatic carbocycles. The lowest BCUT2D eigenvalue weighted by Gasteiger charge is -2.09. The normalized spacial score (nSPS) is 11.0. The second-order valence-electron chi connectivity index (χ2n) is 6.05. The van der Waals surface area contributed by atoms with Crippen molar-refractivity contribution in [1.82, 2.24) is 0 Å². The van der Waals surface area contributed by atoms with Crippen molar-refractivity contribution in [2.45, 2.75) is 26.2 Å². The van der Waals surface area contributed by atoms with Crippen molar-refractivity contribution in [2.75, 3.05) is 15.8 Å². The number of nitrogens with one attached hydrogen (secondary N) is 2. The van der Waals surface area contributed by atoms with Crippen LogP contribution in [0.3, 0.4) is 0 Å². The number of aromatic carboxylic acids is 1. The van der Waals surface area contributed by atoms with Crippen LogP contribution in [0.5, 0.6) is 0 Å². The summed E-state index contributed by atoms with van der Waals surface area (Å²) in [6, 6.07) is 12.8. The predicted molar refractivity (Wildman–Crippen MR) is 104 cm³/mol. The molecule has 2 rings (SSSR count). The second-order valence-corrected chi connectivity index (χ2v) is 7.89. The molecule has 0 atom stereocenters. The summed E-state index contributed by atoms with van der Waals surface area (Å²) in [4.78, 5) is 22.9. The number of carboxylic acids is 1. The first-order valence-electron chi connectivity index (χ1n) is 8.51. The summed E-state index contributed by atoms with van der Waals surface area (Å²) in [6.07, 6.45) is 1.26. The van der Waals surface area contributed by atoms with Gasteiger partial charge in [-0.1, -0.05) is 19.1 Å². The van der Waals surface area contributed by atoms with E-state index in [0.29, 0.717) is 24.2 Å². The quantitative estimate of drug-likeness (QED) is 0.609. The van der Waals surface area contributed by atoms with Crippen LogP contribution in [-0.2, 0) is 21.2 Å². The van der Waals surface area contributed by atoms with E-state index in [1.807, 2.05) is 0 Å². The topological polar surface area (TPSA) is 113 Å². The van der Waals surface area contributed by atoms with E-state index in [1.165, 1.54) is 12.1 Å². The van der Waals surface area contributed by atoms with E-state index in [2.05, 4.69) is 10.0 Å². The molecule has 7 nitrogen and oxygen atoms in total. The number of benzene rings is 2. The van der Waals surface area contributed by atoms with Gasteiger partial charge in [0.2, 0.25) is 15.9 Å². The molecule has 0 bridgehead atoms. The number of rotatable bonds is 9. The number of carbonyl (C=O) groups excluding carboxylic acids is 1. The highest BCUT2D eigenvalue weighted by Gasteiger charge is 2.09. The lowest BCUT2D eigenvalue weighted by atomic mass is 10.1. The number of carboxylic acid groups (broad SMARTS) is 1. The predicted octanol–water partition coefficient (Wildman–Crippen LogP) is 3.11. The van der Waals surface area contributed by atoms with Gasteiger partial charge >= 0.3 is 5.97 Å². The molecule has 0 aromatic heterocycles. The van der Waals surface area contributed by atoms with E-state index in [-0.39, 0.29) is 23.6 Å². The molecule has 0 heterocycles. The monoisotopic (exact) mass is 390 g/mol. The highest BCUT2D eigenvalue weighted by atomic mass is 32.2. The molecule has 0 radical (unpaired) electrons. The standard InChI is InChI=1S/C19H22N2O5S/c1-2-13-27(25,26)21-17-10-8-16(9-11-17)20-18(22)12-5-14-3-6-15(7-4-14)19(23)24/h3-4,6-11,21H,2,5,12-13H2,1H3,(H,20,22)(H,23,24).